The van der Waals surface area contributed by atoms with Gasteiger partial charge >= 0.3 is 0 Å². The Morgan fingerprint density at radius 3 is 2.65 bits per heavy atom. The number of aromatic nitrogens is 2. The van der Waals surface area contributed by atoms with Crippen LogP contribution in [-0.2, 0) is 7.05 Å². The van der Waals surface area contributed by atoms with Crippen molar-refractivity contribution < 1.29 is 4.42 Å². The summed E-state index contributed by atoms with van der Waals surface area (Å²) in [5, 5.41) is 0. The molecule has 0 unspecified atom stereocenters. The maximum Gasteiger partial charge on any atom is 0.184 e. The van der Waals surface area contributed by atoms with Crippen LogP contribution >= 0.6 is 31.9 Å². The number of rotatable bonds is 1. The fraction of sp³-hybridized carbons (Fsp3) is 0.0833. The van der Waals surface area contributed by atoms with E-state index in [1.54, 1.807) is 6.26 Å². The normalized spacial score (nSPS) is 11.2. The quantitative estimate of drug-likeness (QED) is 0.649. The first-order valence-corrected chi connectivity index (χ1v) is 6.61. The van der Waals surface area contributed by atoms with Crippen LogP contribution in [0.25, 0.3) is 22.6 Å². The van der Waals surface area contributed by atoms with Gasteiger partial charge in [0.2, 0.25) is 0 Å². The van der Waals surface area contributed by atoms with Crippen molar-refractivity contribution in [3.8, 4) is 11.6 Å². The van der Waals surface area contributed by atoms with Gasteiger partial charge < -0.3 is 8.98 Å². The summed E-state index contributed by atoms with van der Waals surface area (Å²) in [7, 11) is 1.98. The van der Waals surface area contributed by atoms with Crippen molar-refractivity contribution >= 4 is 42.9 Å². The molecule has 17 heavy (non-hydrogen) atoms. The van der Waals surface area contributed by atoms with E-state index in [1.807, 2.05) is 35.9 Å². The van der Waals surface area contributed by atoms with Crippen LogP contribution < -0.4 is 0 Å². The Balaban J connectivity index is 2.31. The molecule has 0 saturated carbocycles. The summed E-state index contributed by atoms with van der Waals surface area (Å²) in [5.74, 6) is 1.54. The van der Waals surface area contributed by atoms with E-state index in [1.165, 1.54) is 0 Å². The second-order valence-corrected chi connectivity index (χ2v) is 5.36. The second kappa shape index (κ2) is 3.99. The van der Waals surface area contributed by atoms with Gasteiger partial charge in [-0.15, -0.1) is 0 Å². The molecule has 3 nitrogen and oxygen atoms in total. The van der Waals surface area contributed by atoms with Crippen molar-refractivity contribution in [3.05, 3.63) is 39.5 Å². The van der Waals surface area contributed by atoms with Crippen molar-refractivity contribution in [1.29, 1.82) is 0 Å². The van der Waals surface area contributed by atoms with Crippen molar-refractivity contribution in [2.45, 2.75) is 0 Å². The monoisotopic (exact) mass is 354 g/mol. The largest absolute Gasteiger partial charge is 0.459 e. The predicted molar refractivity (Wildman–Crippen MR) is 73.8 cm³/mol. The molecular weight excluding hydrogens is 348 g/mol. The Morgan fingerprint density at radius 1 is 1.24 bits per heavy atom. The van der Waals surface area contributed by atoms with E-state index < -0.39 is 0 Å². The van der Waals surface area contributed by atoms with Gasteiger partial charge in [-0.3, -0.25) is 0 Å². The first kappa shape index (κ1) is 11.0. The Labute approximate surface area is 115 Å². The molecular formula is C12H8Br2N2O. The van der Waals surface area contributed by atoms with Crippen LogP contribution in [0, 0.1) is 0 Å². The molecule has 0 amide bonds. The number of furan rings is 1. The number of fused-ring (bicyclic) bond motifs is 1. The standard InChI is InChI=1S/C12H8Br2N2O/c1-16-9-5-3-2-4-8(9)15-12(16)11-10(14)7(13)6-17-11/h2-6H,1H3. The van der Waals surface area contributed by atoms with Crippen LogP contribution in [0.3, 0.4) is 0 Å². The Bertz CT molecular complexity index is 700. The highest BCUT2D eigenvalue weighted by Crippen LogP contribution is 2.36. The average molecular weight is 356 g/mol. The molecule has 0 aliphatic carbocycles. The highest BCUT2D eigenvalue weighted by Gasteiger charge is 2.17. The summed E-state index contributed by atoms with van der Waals surface area (Å²) in [6.07, 6.45) is 1.65. The van der Waals surface area contributed by atoms with Crippen LogP contribution in [0.1, 0.15) is 0 Å². The molecule has 0 aliphatic rings. The minimum Gasteiger partial charge on any atom is -0.459 e. The van der Waals surface area contributed by atoms with E-state index in [-0.39, 0.29) is 0 Å². The minimum absolute atomic E-state index is 0.732. The molecule has 3 rings (SSSR count). The molecule has 0 bridgehead atoms. The first-order chi connectivity index (χ1) is 8.18. The number of nitrogens with zero attached hydrogens (tertiary/aromatic N) is 2. The fourth-order valence-electron chi connectivity index (χ4n) is 1.82. The molecule has 0 saturated heterocycles. The smallest absolute Gasteiger partial charge is 0.184 e. The van der Waals surface area contributed by atoms with E-state index in [9.17, 15) is 0 Å². The predicted octanol–water partition coefficient (Wildman–Crippen LogP) is 4.36. The second-order valence-electron chi connectivity index (χ2n) is 3.71. The van der Waals surface area contributed by atoms with Gasteiger partial charge in [-0.05, 0) is 44.0 Å². The van der Waals surface area contributed by atoms with Gasteiger partial charge in [0.25, 0.3) is 0 Å². The Morgan fingerprint density at radius 2 is 2.00 bits per heavy atom. The van der Waals surface area contributed by atoms with Crippen molar-refractivity contribution in [2.75, 3.05) is 0 Å². The van der Waals surface area contributed by atoms with Gasteiger partial charge in [-0.1, -0.05) is 12.1 Å². The highest BCUT2D eigenvalue weighted by molar-refractivity contribution is 9.13. The molecule has 2 aromatic heterocycles. The number of benzene rings is 1. The zero-order valence-corrected chi connectivity index (χ0v) is 12.1. The zero-order valence-electron chi connectivity index (χ0n) is 8.95. The number of hydrogen-bond donors (Lipinski definition) is 0. The Hall–Kier alpha value is -1.07. The van der Waals surface area contributed by atoms with Crippen LogP contribution in [0.4, 0.5) is 0 Å². The molecule has 0 aliphatic heterocycles. The summed E-state index contributed by atoms with van der Waals surface area (Å²) < 4.78 is 9.31. The van der Waals surface area contributed by atoms with E-state index in [4.69, 9.17) is 4.42 Å². The molecule has 0 N–H and O–H groups in total. The van der Waals surface area contributed by atoms with Gasteiger partial charge in [0, 0.05) is 7.05 Å². The number of aryl methyl sites for hydroxylation is 1. The molecule has 86 valence electrons. The van der Waals surface area contributed by atoms with Crippen molar-refractivity contribution in [3.63, 3.8) is 0 Å². The van der Waals surface area contributed by atoms with Gasteiger partial charge in [0.1, 0.15) is 6.26 Å². The molecule has 5 heteroatoms. The SMILES string of the molecule is Cn1c(-c2occ(Br)c2Br)nc2ccccc21. The number of halogens is 2. The topological polar surface area (TPSA) is 31.0 Å². The van der Waals surface area contributed by atoms with Crippen molar-refractivity contribution in [1.82, 2.24) is 9.55 Å². The molecule has 2 heterocycles. The third-order valence-electron chi connectivity index (χ3n) is 2.68. The third-order valence-corrected chi connectivity index (χ3v) is 4.58. The minimum atomic E-state index is 0.732. The van der Waals surface area contributed by atoms with Gasteiger partial charge in [0.05, 0.1) is 20.0 Å². The van der Waals surface area contributed by atoms with E-state index in [0.717, 1.165) is 31.6 Å². The fourth-order valence-corrected chi connectivity index (χ4v) is 2.46. The van der Waals surface area contributed by atoms with Gasteiger partial charge in [-0.2, -0.15) is 0 Å². The molecule has 1 aromatic carbocycles. The van der Waals surface area contributed by atoms with E-state index in [2.05, 4.69) is 36.8 Å². The highest BCUT2D eigenvalue weighted by atomic mass is 79.9. The number of para-hydroxylation sites is 2. The first-order valence-electron chi connectivity index (χ1n) is 5.03. The van der Waals surface area contributed by atoms with Gasteiger partial charge in [0.15, 0.2) is 11.6 Å². The van der Waals surface area contributed by atoms with E-state index in [0.29, 0.717) is 0 Å². The molecule has 3 aromatic rings. The van der Waals surface area contributed by atoms with Crippen molar-refractivity contribution in [2.24, 2.45) is 7.05 Å². The van der Waals surface area contributed by atoms with Crippen LogP contribution in [-0.4, -0.2) is 9.55 Å². The lowest BCUT2D eigenvalue weighted by molar-refractivity contribution is 0.572. The van der Waals surface area contributed by atoms with Crippen LogP contribution in [0.15, 0.2) is 43.9 Å². The lowest BCUT2D eigenvalue weighted by atomic mass is 10.3. The summed E-state index contributed by atoms with van der Waals surface area (Å²) in [5.41, 5.74) is 2.05. The maximum absolute atomic E-state index is 5.51. The average Bonchev–Trinajstić information content (AvgIpc) is 2.83. The number of hydrogen-bond acceptors (Lipinski definition) is 2. The summed E-state index contributed by atoms with van der Waals surface area (Å²) in [6, 6.07) is 8.01. The van der Waals surface area contributed by atoms with Crippen LogP contribution in [0.5, 0.6) is 0 Å². The summed E-state index contributed by atoms with van der Waals surface area (Å²) in [4.78, 5) is 4.58. The maximum atomic E-state index is 5.51. The molecule has 0 fully saturated rings. The summed E-state index contributed by atoms with van der Waals surface area (Å²) >= 11 is 6.89. The Kier molecular flexibility index (Phi) is 2.60. The lowest BCUT2D eigenvalue weighted by Crippen LogP contribution is -1.91. The zero-order chi connectivity index (χ0) is 12.0. The third kappa shape index (κ3) is 1.65. The number of imidazole rings is 1. The molecule has 0 atom stereocenters. The summed E-state index contributed by atoms with van der Waals surface area (Å²) in [6.45, 7) is 0. The molecule has 0 spiro atoms. The van der Waals surface area contributed by atoms with Gasteiger partial charge in [-0.25, -0.2) is 4.98 Å². The molecule has 0 radical (unpaired) electrons. The van der Waals surface area contributed by atoms with E-state index >= 15 is 0 Å². The van der Waals surface area contributed by atoms with Crippen LogP contribution in [0.2, 0.25) is 0 Å². The lowest BCUT2D eigenvalue weighted by Gasteiger charge is -1.99.